The molecule has 12 nitrogen and oxygen atoms in total. The van der Waals surface area contributed by atoms with E-state index in [1.165, 1.54) is 16.2 Å². The molecule has 0 radical (unpaired) electrons. The number of nitrogens with one attached hydrogen (secondary N) is 3. The topological polar surface area (TPSA) is 176 Å². The molecule has 2 aromatic rings. The zero-order chi connectivity index (χ0) is 35.8. The Hall–Kier alpha value is -3.62. The summed E-state index contributed by atoms with van der Waals surface area (Å²) in [6, 6.07) is 3.41. The molecule has 2 aliphatic rings. The molecule has 1 saturated carbocycles. The molecule has 1 saturated heterocycles. The molecule has 0 bridgehead atoms. The van der Waals surface area contributed by atoms with Crippen molar-refractivity contribution in [2.24, 2.45) is 11.1 Å². The molecular formula is C35H51FN6O6S. The third-order valence-electron chi connectivity index (χ3n) is 8.94. The van der Waals surface area contributed by atoms with Crippen molar-refractivity contribution in [3.8, 4) is 16.2 Å². The minimum absolute atomic E-state index is 0.00950. The van der Waals surface area contributed by atoms with E-state index in [1.807, 2.05) is 25.1 Å². The van der Waals surface area contributed by atoms with Gasteiger partial charge in [0.2, 0.25) is 11.8 Å². The summed E-state index contributed by atoms with van der Waals surface area (Å²) in [4.78, 5) is 59.1. The summed E-state index contributed by atoms with van der Waals surface area (Å²) in [5.74, 6) is -1.73. The van der Waals surface area contributed by atoms with E-state index in [4.69, 9.17) is 10.5 Å². The molecule has 1 aromatic carbocycles. The number of aliphatic hydroxyl groups excluding tert-OH is 1. The van der Waals surface area contributed by atoms with Gasteiger partial charge in [-0.2, -0.15) is 0 Å². The Labute approximate surface area is 291 Å². The molecule has 6 N–H and O–H groups in total. The lowest BCUT2D eigenvalue weighted by atomic mass is 9.85. The Balaban J connectivity index is 1.42. The van der Waals surface area contributed by atoms with Crippen LogP contribution in [0.5, 0.6) is 5.75 Å². The summed E-state index contributed by atoms with van der Waals surface area (Å²) in [6.45, 7) is 8.11. The molecule has 1 aliphatic carbocycles. The van der Waals surface area contributed by atoms with Crippen LogP contribution in [0.1, 0.15) is 83.4 Å². The van der Waals surface area contributed by atoms with Gasteiger partial charge in [-0.3, -0.25) is 19.2 Å². The SMILES string of the molecule is Cc1ncsc1-c1ccc(CNC(=O)C2C[C@@H](O)CN2C(=O)[C@@H](NC(=O)C2(F)CC2)C(C)(C)C)c(OCC(=O)NCCCCCCCN)c1. The maximum atomic E-state index is 14.5. The average Bonchev–Trinajstić information content (AvgIpc) is 3.46. The zero-order valence-corrected chi connectivity index (χ0v) is 29.8. The molecule has 2 fully saturated rings. The van der Waals surface area contributed by atoms with E-state index < -0.39 is 47.0 Å². The highest BCUT2D eigenvalue weighted by molar-refractivity contribution is 7.13. The Morgan fingerprint density at radius 2 is 1.86 bits per heavy atom. The van der Waals surface area contributed by atoms with Crippen molar-refractivity contribution in [3.63, 3.8) is 0 Å². The van der Waals surface area contributed by atoms with Gasteiger partial charge in [0.15, 0.2) is 12.3 Å². The maximum Gasteiger partial charge on any atom is 0.258 e. The molecule has 4 rings (SSSR count). The number of hydrogen-bond donors (Lipinski definition) is 5. The van der Waals surface area contributed by atoms with Crippen molar-refractivity contribution >= 4 is 35.0 Å². The predicted molar refractivity (Wildman–Crippen MR) is 185 cm³/mol. The molecule has 0 spiro atoms. The number of benzene rings is 1. The van der Waals surface area contributed by atoms with Crippen molar-refractivity contribution < 1.29 is 33.4 Å². The number of unbranched alkanes of at least 4 members (excludes halogenated alkanes) is 4. The molecule has 2 heterocycles. The third kappa shape index (κ3) is 10.4. The lowest BCUT2D eigenvalue weighted by Gasteiger charge is -2.35. The van der Waals surface area contributed by atoms with E-state index >= 15 is 0 Å². The largest absolute Gasteiger partial charge is 0.483 e. The number of nitrogens with zero attached hydrogens (tertiary/aromatic N) is 2. The van der Waals surface area contributed by atoms with Crippen molar-refractivity contribution in [1.29, 1.82) is 0 Å². The Morgan fingerprint density at radius 1 is 1.14 bits per heavy atom. The third-order valence-corrected chi connectivity index (χ3v) is 9.92. The van der Waals surface area contributed by atoms with E-state index in [2.05, 4.69) is 20.9 Å². The fraction of sp³-hybridized carbons (Fsp3) is 0.629. The van der Waals surface area contributed by atoms with Crippen LogP contribution in [0.25, 0.3) is 10.4 Å². The Morgan fingerprint density at radius 3 is 2.51 bits per heavy atom. The van der Waals surface area contributed by atoms with Gasteiger partial charge in [-0.25, -0.2) is 9.37 Å². The van der Waals surface area contributed by atoms with Gasteiger partial charge >= 0.3 is 0 Å². The van der Waals surface area contributed by atoms with Gasteiger partial charge in [0.1, 0.15) is 17.8 Å². The summed E-state index contributed by atoms with van der Waals surface area (Å²) in [6.07, 6.45) is 4.29. The van der Waals surface area contributed by atoms with Crippen molar-refractivity contribution in [1.82, 2.24) is 25.8 Å². The number of aryl methyl sites for hydroxylation is 1. The lowest BCUT2D eigenvalue weighted by Crippen LogP contribution is -2.59. The first-order chi connectivity index (χ1) is 23.2. The number of thiazole rings is 1. The fourth-order valence-corrected chi connectivity index (χ4v) is 6.60. The first kappa shape index (κ1) is 38.2. The van der Waals surface area contributed by atoms with E-state index in [-0.39, 0.29) is 44.9 Å². The lowest BCUT2D eigenvalue weighted by molar-refractivity contribution is -0.145. The van der Waals surface area contributed by atoms with Gasteiger partial charge in [-0.15, -0.1) is 11.3 Å². The number of nitrogens with two attached hydrogens (primary N) is 1. The van der Waals surface area contributed by atoms with Crippen molar-refractivity contribution in [3.05, 3.63) is 35.0 Å². The minimum Gasteiger partial charge on any atom is -0.483 e. The highest BCUT2D eigenvalue weighted by Gasteiger charge is 2.53. The number of aromatic nitrogens is 1. The van der Waals surface area contributed by atoms with Crippen LogP contribution in [0.2, 0.25) is 0 Å². The van der Waals surface area contributed by atoms with Gasteiger partial charge in [-0.05, 0) is 56.2 Å². The number of halogens is 1. The van der Waals surface area contributed by atoms with Crippen LogP contribution in [0.3, 0.4) is 0 Å². The molecule has 1 aliphatic heterocycles. The van der Waals surface area contributed by atoms with Crippen LogP contribution in [-0.4, -0.2) is 88.7 Å². The normalized spacial score (nSPS) is 18.9. The summed E-state index contributed by atoms with van der Waals surface area (Å²) < 4.78 is 20.5. The maximum absolute atomic E-state index is 14.5. The first-order valence-electron chi connectivity index (χ1n) is 17.1. The smallest absolute Gasteiger partial charge is 0.258 e. The summed E-state index contributed by atoms with van der Waals surface area (Å²) in [5, 5.41) is 18.8. The average molecular weight is 703 g/mol. The Kier molecular flexibility index (Phi) is 13.1. The molecule has 14 heteroatoms. The number of β-amino-alcohol motifs (C(OH)–C–C–N with tert-alkyl or cyclic N) is 1. The second-order valence-electron chi connectivity index (χ2n) is 14.1. The molecule has 49 heavy (non-hydrogen) atoms. The van der Waals surface area contributed by atoms with Crippen LogP contribution >= 0.6 is 11.3 Å². The number of alkyl halides is 1. The number of rotatable bonds is 17. The molecule has 270 valence electrons. The number of hydrogen-bond acceptors (Lipinski definition) is 9. The molecule has 1 aromatic heterocycles. The van der Waals surface area contributed by atoms with Crippen LogP contribution in [-0.2, 0) is 25.7 Å². The van der Waals surface area contributed by atoms with Crippen LogP contribution in [0.4, 0.5) is 4.39 Å². The molecule has 3 atom stereocenters. The number of carbonyl (C=O) groups is 4. The number of carbonyl (C=O) groups excluding carboxylic acids is 4. The summed E-state index contributed by atoms with van der Waals surface area (Å²) in [5.41, 5.74) is 6.86. The summed E-state index contributed by atoms with van der Waals surface area (Å²) >= 11 is 1.48. The van der Waals surface area contributed by atoms with E-state index in [0.29, 0.717) is 24.4 Å². The minimum atomic E-state index is -1.97. The highest BCUT2D eigenvalue weighted by atomic mass is 32.1. The standard InChI is InChI=1S/C35H51FN6O6S/c1-22-29(49-21-40-22)23-10-11-24(27(16-23)48-20-28(44)38-15-9-7-5-6-8-14-37)18-39-31(45)26-17-25(43)19-42(26)32(46)30(34(2,3)4)41-33(47)35(36)12-13-35/h10-11,16,21,25-26,30,43H,5-9,12-15,17-20,37H2,1-4H3,(H,38,44)(H,39,45)(H,41,47)/t25-,26?,30-/m1/s1. The number of amides is 4. The second-order valence-corrected chi connectivity index (χ2v) is 15.0. The predicted octanol–water partition coefficient (Wildman–Crippen LogP) is 3.13. The number of ether oxygens (including phenoxy) is 1. The van der Waals surface area contributed by atoms with Gasteiger partial charge in [-0.1, -0.05) is 52.2 Å². The first-order valence-corrected chi connectivity index (χ1v) is 18.0. The molecule has 4 amide bonds. The van der Waals surface area contributed by atoms with Gasteiger partial charge in [0.25, 0.3) is 11.8 Å². The van der Waals surface area contributed by atoms with Crippen molar-refractivity contribution in [2.45, 2.75) is 109 Å². The van der Waals surface area contributed by atoms with Gasteiger partial charge < -0.3 is 36.4 Å². The second kappa shape index (κ2) is 16.9. The van der Waals surface area contributed by atoms with E-state index in [0.717, 1.165) is 48.2 Å². The highest BCUT2D eigenvalue weighted by Crippen LogP contribution is 2.40. The van der Waals surface area contributed by atoms with Crippen LogP contribution in [0, 0.1) is 12.3 Å². The monoisotopic (exact) mass is 702 g/mol. The number of aliphatic hydroxyl groups is 1. The quantitative estimate of drug-likeness (QED) is 0.156. The molecule has 1 unspecified atom stereocenters. The zero-order valence-electron chi connectivity index (χ0n) is 29.0. The van der Waals surface area contributed by atoms with Crippen LogP contribution < -0.4 is 26.4 Å². The van der Waals surface area contributed by atoms with Gasteiger partial charge in [0, 0.05) is 31.6 Å². The van der Waals surface area contributed by atoms with Gasteiger partial charge in [0.05, 0.1) is 22.2 Å². The molecular weight excluding hydrogens is 651 g/mol. The van der Waals surface area contributed by atoms with E-state index in [1.54, 1.807) is 26.3 Å². The van der Waals surface area contributed by atoms with Crippen LogP contribution in [0.15, 0.2) is 23.7 Å². The fourth-order valence-electron chi connectivity index (χ4n) is 5.79. The Bertz CT molecular complexity index is 1470. The van der Waals surface area contributed by atoms with E-state index in [9.17, 15) is 28.7 Å². The number of likely N-dealkylation sites (tertiary alicyclic amines) is 1. The summed E-state index contributed by atoms with van der Waals surface area (Å²) in [7, 11) is 0. The van der Waals surface area contributed by atoms with Crippen molar-refractivity contribution in [2.75, 3.05) is 26.2 Å².